The number of aromatic amines is 1. The average Bonchev–Trinajstić information content (AvgIpc) is 3.30. The zero-order valence-electron chi connectivity index (χ0n) is 21.0. The van der Waals surface area contributed by atoms with Gasteiger partial charge in [0.1, 0.15) is 0 Å². The molecule has 1 saturated heterocycles. The lowest BCUT2D eigenvalue weighted by molar-refractivity contribution is -0.186. The Bertz CT molecular complexity index is 1620. The summed E-state index contributed by atoms with van der Waals surface area (Å²) in [6.45, 7) is 1.16. The number of halogens is 5. The monoisotopic (exact) mass is 640 g/mol. The Kier molecular flexibility index (Phi) is 8.56. The lowest BCUT2D eigenvalue weighted by Crippen LogP contribution is -2.50. The number of nitrogens with zero attached hydrogens (tertiary/aromatic N) is 2. The molecular weight excluding hydrogens is 616 g/mol. The quantitative estimate of drug-likeness (QED) is 0.343. The standard InChI is InChI=1S/C24H25Cl2F3N4O5S2/c1-2-11-33(40(37,38)17-9-12-32(13-10-17)23(34)24(27,28)29)15-3-5-16(6-4-15)39(35,36)31-20-8-7-18(25)21-19(26)14-30-22(20)21/h3-8,14,17,30-31H,2,9-13H2,1H3. The molecule has 0 unspecified atom stereocenters. The van der Waals surface area contributed by atoms with Crippen molar-refractivity contribution in [3.63, 3.8) is 0 Å². The van der Waals surface area contributed by atoms with Crippen LogP contribution < -0.4 is 9.03 Å². The molecule has 218 valence electrons. The number of aromatic nitrogens is 1. The summed E-state index contributed by atoms with van der Waals surface area (Å²) in [4.78, 5) is 14.9. The molecule has 1 aromatic heterocycles. The van der Waals surface area contributed by atoms with Crippen molar-refractivity contribution in [3.05, 3.63) is 52.6 Å². The molecule has 0 bridgehead atoms. The fraction of sp³-hybridized carbons (Fsp3) is 0.375. The van der Waals surface area contributed by atoms with Crippen molar-refractivity contribution in [2.24, 2.45) is 0 Å². The van der Waals surface area contributed by atoms with Crippen molar-refractivity contribution < 1.29 is 34.8 Å². The van der Waals surface area contributed by atoms with Gasteiger partial charge < -0.3 is 9.88 Å². The van der Waals surface area contributed by atoms with E-state index in [-0.39, 0.29) is 48.7 Å². The number of hydrogen-bond acceptors (Lipinski definition) is 5. The van der Waals surface area contributed by atoms with E-state index in [1.807, 2.05) is 0 Å². The molecule has 4 rings (SSSR count). The number of rotatable bonds is 8. The number of carbonyl (C=O) groups is 1. The van der Waals surface area contributed by atoms with E-state index >= 15 is 0 Å². The van der Waals surface area contributed by atoms with Gasteiger partial charge in [-0.15, -0.1) is 0 Å². The van der Waals surface area contributed by atoms with E-state index in [0.717, 1.165) is 4.31 Å². The summed E-state index contributed by atoms with van der Waals surface area (Å²) in [7, 11) is -8.13. The highest BCUT2D eigenvalue weighted by Crippen LogP contribution is 2.36. The van der Waals surface area contributed by atoms with Gasteiger partial charge in [0.05, 0.1) is 37.1 Å². The Labute approximate surface area is 239 Å². The summed E-state index contributed by atoms with van der Waals surface area (Å²) in [6.07, 6.45) is -3.42. The number of sulfonamides is 2. The first-order valence-electron chi connectivity index (χ1n) is 12.1. The third kappa shape index (κ3) is 5.99. The molecule has 3 aromatic rings. The number of likely N-dealkylation sites (tertiary alicyclic amines) is 1. The molecule has 0 spiro atoms. The van der Waals surface area contributed by atoms with Crippen LogP contribution in [0, 0.1) is 0 Å². The molecule has 0 saturated carbocycles. The summed E-state index contributed by atoms with van der Waals surface area (Å²) in [5.41, 5.74) is 0.807. The highest BCUT2D eigenvalue weighted by Gasteiger charge is 2.45. The van der Waals surface area contributed by atoms with Crippen molar-refractivity contribution in [2.75, 3.05) is 28.7 Å². The van der Waals surface area contributed by atoms with Crippen molar-refractivity contribution >= 4 is 71.4 Å². The highest BCUT2D eigenvalue weighted by atomic mass is 35.5. The van der Waals surface area contributed by atoms with Gasteiger partial charge in [0.2, 0.25) is 10.0 Å². The van der Waals surface area contributed by atoms with Gasteiger partial charge in [0.25, 0.3) is 10.0 Å². The number of amides is 1. The van der Waals surface area contributed by atoms with Crippen molar-refractivity contribution in [2.45, 2.75) is 42.5 Å². The lowest BCUT2D eigenvalue weighted by atomic mass is 10.1. The predicted molar refractivity (Wildman–Crippen MR) is 148 cm³/mol. The Balaban J connectivity index is 1.54. The second-order valence-corrected chi connectivity index (χ2v) is 13.8. The van der Waals surface area contributed by atoms with Gasteiger partial charge >= 0.3 is 12.1 Å². The Morgan fingerprint density at radius 2 is 1.68 bits per heavy atom. The zero-order chi connectivity index (χ0) is 29.5. The first-order valence-corrected chi connectivity index (χ1v) is 15.9. The van der Waals surface area contributed by atoms with Gasteiger partial charge in [-0.25, -0.2) is 16.8 Å². The van der Waals surface area contributed by atoms with E-state index in [9.17, 15) is 34.8 Å². The van der Waals surface area contributed by atoms with Crippen LogP contribution in [-0.2, 0) is 24.8 Å². The number of piperidine rings is 1. The predicted octanol–water partition coefficient (Wildman–Crippen LogP) is 5.38. The van der Waals surface area contributed by atoms with Crippen molar-refractivity contribution in [3.8, 4) is 0 Å². The number of anilines is 2. The van der Waals surface area contributed by atoms with Crippen LogP contribution in [0.15, 0.2) is 47.5 Å². The number of H-pyrrole nitrogens is 1. The van der Waals surface area contributed by atoms with Crippen molar-refractivity contribution in [1.82, 2.24) is 9.88 Å². The molecule has 2 heterocycles. The molecule has 1 aliphatic rings. The largest absolute Gasteiger partial charge is 0.471 e. The van der Waals surface area contributed by atoms with Crippen molar-refractivity contribution in [1.29, 1.82) is 0 Å². The smallest absolute Gasteiger partial charge is 0.358 e. The first-order chi connectivity index (χ1) is 18.7. The van der Waals surface area contributed by atoms with E-state index in [2.05, 4.69) is 9.71 Å². The SMILES string of the molecule is CCCN(c1ccc(S(=O)(=O)Nc2ccc(Cl)c3c(Cl)c[nH]c23)cc1)S(=O)(=O)C1CCN(C(=O)C(F)(F)F)CC1. The lowest BCUT2D eigenvalue weighted by Gasteiger charge is -2.35. The molecule has 2 aromatic carbocycles. The molecular formula is C24H25Cl2F3N4O5S2. The molecule has 0 atom stereocenters. The maximum atomic E-state index is 13.5. The second kappa shape index (κ2) is 11.3. The number of alkyl halides is 3. The fourth-order valence-corrected chi connectivity index (χ4v) is 8.22. The molecule has 1 amide bonds. The van der Waals surface area contributed by atoms with E-state index in [4.69, 9.17) is 23.2 Å². The minimum atomic E-state index is -5.02. The van der Waals surface area contributed by atoms with Crippen LogP contribution in [0.3, 0.4) is 0 Å². The van der Waals surface area contributed by atoms with Crippen LogP contribution in [-0.4, -0.2) is 63.7 Å². The number of benzene rings is 2. The van der Waals surface area contributed by atoms with Gasteiger partial charge in [-0.1, -0.05) is 30.1 Å². The minimum absolute atomic E-state index is 0.0741. The summed E-state index contributed by atoms with van der Waals surface area (Å²) in [5, 5.41) is 0.109. The fourth-order valence-electron chi connectivity index (χ4n) is 4.57. The van der Waals surface area contributed by atoms with Crippen LogP contribution >= 0.6 is 23.2 Å². The Hall–Kier alpha value is -2.68. The summed E-state index contributed by atoms with van der Waals surface area (Å²) in [5.74, 6) is -1.99. The molecule has 2 N–H and O–H groups in total. The topological polar surface area (TPSA) is 120 Å². The summed E-state index contributed by atoms with van der Waals surface area (Å²) in [6, 6.07) is 8.21. The molecule has 1 fully saturated rings. The Morgan fingerprint density at radius 1 is 1.05 bits per heavy atom. The van der Waals surface area contributed by atoms with Gasteiger partial charge in [0, 0.05) is 31.2 Å². The van der Waals surface area contributed by atoms with Crippen LogP contribution in [0.2, 0.25) is 10.0 Å². The van der Waals surface area contributed by atoms with Crippen LogP contribution in [0.5, 0.6) is 0 Å². The molecule has 9 nitrogen and oxygen atoms in total. The van der Waals surface area contributed by atoms with Crippen LogP contribution in [0.1, 0.15) is 26.2 Å². The summed E-state index contributed by atoms with van der Waals surface area (Å²) < 4.78 is 95.1. The van der Waals surface area contributed by atoms with Gasteiger partial charge in [-0.05, 0) is 55.7 Å². The number of hydrogen-bond donors (Lipinski definition) is 2. The van der Waals surface area contributed by atoms with Gasteiger partial charge in [0.15, 0.2) is 0 Å². The third-order valence-corrected chi connectivity index (χ3v) is 10.9. The van der Waals surface area contributed by atoms with Gasteiger partial charge in [-0.3, -0.25) is 13.8 Å². The number of carbonyl (C=O) groups excluding carboxylic acids is 1. The van der Waals surface area contributed by atoms with E-state index in [0.29, 0.717) is 32.3 Å². The molecule has 16 heteroatoms. The second-order valence-electron chi connectivity index (χ2n) is 9.19. The van der Waals surface area contributed by atoms with E-state index < -0.39 is 37.4 Å². The first kappa shape index (κ1) is 30.3. The zero-order valence-corrected chi connectivity index (χ0v) is 24.1. The summed E-state index contributed by atoms with van der Waals surface area (Å²) >= 11 is 12.3. The Morgan fingerprint density at radius 3 is 2.25 bits per heavy atom. The number of nitrogens with one attached hydrogen (secondary N) is 2. The molecule has 40 heavy (non-hydrogen) atoms. The molecule has 0 radical (unpaired) electrons. The highest BCUT2D eigenvalue weighted by molar-refractivity contribution is 7.93. The molecule has 0 aliphatic carbocycles. The van der Waals surface area contributed by atoms with E-state index in [1.165, 1.54) is 42.6 Å². The van der Waals surface area contributed by atoms with Crippen LogP contribution in [0.4, 0.5) is 24.5 Å². The van der Waals surface area contributed by atoms with E-state index in [1.54, 1.807) is 6.92 Å². The maximum absolute atomic E-state index is 13.5. The number of fused-ring (bicyclic) bond motifs is 1. The molecule has 1 aliphatic heterocycles. The normalized spacial score (nSPS) is 15.4. The average molecular weight is 642 g/mol. The maximum Gasteiger partial charge on any atom is 0.471 e. The minimum Gasteiger partial charge on any atom is -0.358 e. The van der Waals surface area contributed by atoms with Gasteiger partial charge in [-0.2, -0.15) is 13.2 Å². The third-order valence-electron chi connectivity index (χ3n) is 6.54. The van der Waals surface area contributed by atoms with Crippen LogP contribution in [0.25, 0.3) is 10.9 Å².